The molecule has 0 bridgehead atoms. The number of methoxy groups -OCH3 is 1. The summed E-state index contributed by atoms with van der Waals surface area (Å²) in [6, 6.07) is 1.79. The van der Waals surface area contributed by atoms with E-state index in [1.165, 1.54) is 0 Å². The molecule has 0 saturated heterocycles. The molecule has 1 rings (SSSR count). The first-order chi connectivity index (χ1) is 5.36. The van der Waals surface area contributed by atoms with Gasteiger partial charge in [-0.1, -0.05) is 0 Å². The van der Waals surface area contributed by atoms with E-state index in [0.717, 1.165) is 11.8 Å². The van der Waals surface area contributed by atoms with Gasteiger partial charge in [-0.25, -0.2) is 0 Å². The Labute approximate surface area is 65.0 Å². The number of rotatable bonds is 3. The number of hydrogen-bond acceptors (Lipinski definition) is 3. The third kappa shape index (κ3) is 2.04. The fourth-order valence-electron chi connectivity index (χ4n) is 0.783. The first-order valence-corrected chi connectivity index (χ1v) is 3.28. The lowest BCUT2D eigenvalue weighted by Crippen LogP contribution is -1.89. The zero-order valence-corrected chi connectivity index (χ0v) is 6.28. The average molecular weight is 151 g/mol. The van der Waals surface area contributed by atoms with E-state index in [4.69, 9.17) is 4.74 Å². The van der Waals surface area contributed by atoms with Gasteiger partial charge in [0.2, 0.25) is 0 Å². The number of nitrogens with zero attached hydrogens (tertiary/aromatic N) is 1. The molecule has 0 spiro atoms. The van der Waals surface area contributed by atoms with Gasteiger partial charge in [-0.15, -0.1) is 0 Å². The Bertz CT molecular complexity index is 248. The van der Waals surface area contributed by atoms with Crippen LogP contribution in [0.4, 0.5) is 0 Å². The first kappa shape index (κ1) is 7.72. The summed E-state index contributed by atoms with van der Waals surface area (Å²) in [5.74, 6) is 0.685. The molecule has 0 saturated carbocycles. The van der Waals surface area contributed by atoms with E-state index >= 15 is 0 Å². The second kappa shape index (κ2) is 3.71. The second-order valence-electron chi connectivity index (χ2n) is 2.10. The van der Waals surface area contributed by atoms with Crippen LogP contribution in [0.5, 0.6) is 5.75 Å². The lowest BCUT2D eigenvalue weighted by Gasteiger charge is -1.99. The number of carbonyl (C=O) groups is 1. The average Bonchev–Trinajstić information content (AvgIpc) is 2.06. The molecule has 1 heterocycles. The topological polar surface area (TPSA) is 39.2 Å². The number of ether oxygens (including phenoxy) is 1. The molecule has 0 aliphatic rings. The minimum absolute atomic E-state index is 0.393. The van der Waals surface area contributed by atoms with E-state index in [2.05, 4.69) is 4.98 Å². The van der Waals surface area contributed by atoms with Gasteiger partial charge in [0, 0.05) is 12.6 Å². The molecule has 1 aromatic heterocycles. The molecule has 0 atom stereocenters. The van der Waals surface area contributed by atoms with Crippen LogP contribution in [0.1, 0.15) is 5.56 Å². The van der Waals surface area contributed by atoms with E-state index in [1.807, 2.05) is 0 Å². The molecule has 0 fully saturated rings. The van der Waals surface area contributed by atoms with Gasteiger partial charge in [-0.3, -0.25) is 4.98 Å². The fraction of sp³-hybridized carbons (Fsp3) is 0.250. The van der Waals surface area contributed by atoms with Gasteiger partial charge in [-0.2, -0.15) is 0 Å². The molecular weight excluding hydrogens is 142 g/mol. The first-order valence-electron chi connectivity index (χ1n) is 3.28. The van der Waals surface area contributed by atoms with Gasteiger partial charge in [0.15, 0.2) is 0 Å². The highest BCUT2D eigenvalue weighted by molar-refractivity contribution is 5.54. The van der Waals surface area contributed by atoms with Crippen molar-refractivity contribution in [1.82, 2.24) is 4.98 Å². The Morgan fingerprint density at radius 2 is 2.45 bits per heavy atom. The maximum absolute atomic E-state index is 10.1. The van der Waals surface area contributed by atoms with Gasteiger partial charge in [0.05, 0.1) is 13.3 Å². The predicted octanol–water partition coefficient (Wildman–Crippen LogP) is 0.832. The molecule has 1 aromatic rings. The standard InChI is InChI=1S/C8H9NO2/c1-11-8-4-7(2-3-10)5-9-6-8/h3-6H,2H2,1H3. The molecular formula is C8H9NO2. The van der Waals surface area contributed by atoms with Gasteiger partial charge in [0.25, 0.3) is 0 Å². The summed E-state index contributed by atoms with van der Waals surface area (Å²) in [6.07, 6.45) is 4.49. The Morgan fingerprint density at radius 1 is 1.64 bits per heavy atom. The van der Waals surface area contributed by atoms with Crippen LogP contribution in [-0.4, -0.2) is 18.4 Å². The SMILES string of the molecule is COc1cncc(CC=O)c1. The molecule has 0 N–H and O–H groups in total. The van der Waals surface area contributed by atoms with Crippen LogP contribution in [0, 0.1) is 0 Å². The van der Waals surface area contributed by atoms with Crippen molar-refractivity contribution < 1.29 is 9.53 Å². The lowest BCUT2D eigenvalue weighted by molar-refractivity contribution is -0.107. The maximum Gasteiger partial charge on any atom is 0.137 e. The molecule has 0 aliphatic heterocycles. The van der Waals surface area contributed by atoms with Crippen molar-refractivity contribution >= 4 is 6.29 Å². The summed E-state index contributed by atoms with van der Waals surface area (Å²) in [7, 11) is 1.57. The van der Waals surface area contributed by atoms with Crippen molar-refractivity contribution in [3.8, 4) is 5.75 Å². The lowest BCUT2D eigenvalue weighted by atomic mass is 10.2. The summed E-state index contributed by atoms with van der Waals surface area (Å²) in [5, 5.41) is 0. The van der Waals surface area contributed by atoms with Gasteiger partial charge < -0.3 is 9.53 Å². The third-order valence-corrected chi connectivity index (χ3v) is 1.32. The number of aldehydes is 1. The highest BCUT2D eigenvalue weighted by Crippen LogP contribution is 2.09. The molecule has 3 nitrogen and oxygen atoms in total. The number of aromatic nitrogens is 1. The Hall–Kier alpha value is -1.38. The molecule has 0 aromatic carbocycles. The summed E-state index contributed by atoms with van der Waals surface area (Å²) in [6.45, 7) is 0. The second-order valence-corrected chi connectivity index (χ2v) is 2.10. The van der Waals surface area contributed by atoms with Crippen molar-refractivity contribution in [2.75, 3.05) is 7.11 Å². The third-order valence-electron chi connectivity index (χ3n) is 1.32. The predicted molar refractivity (Wildman–Crippen MR) is 40.6 cm³/mol. The highest BCUT2D eigenvalue weighted by Gasteiger charge is 1.94. The van der Waals surface area contributed by atoms with Crippen molar-refractivity contribution in [3.05, 3.63) is 24.0 Å². The van der Waals surface area contributed by atoms with Crippen LogP contribution in [0.2, 0.25) is 0 Å². The molecule has 0 aliphatic carbocycles. The molecule has 0 unspecified atom stereocenters. The molecule has 11 heavy (non-hydrogen) atoms. The Morgan fingerprint density at radius 3 is 3.09 bits per heavy atom. The highest BCUT2D eigenvalue weighted by atomic mass is 16.5. The van der Waals surface area contributed by atoms with Crippen molar-refractivity contribution in [1.29, 1.82) is 0 Å². The zero-order valence-electron chi connectivity index (χ0n) is 6.28. The van der Waals surface area contributed by atoms with Gasteiger partial charge in [-0.05, 0) is 11.6 Å². The Kier molecular flexibility index (Phi) is 2.60. The molecule has 0 radical (unpaired) electrons. The summed E-state index contributed by atoms with van der Waals surface area (Å²) >= 11 is 0. The summed E-state index contributed by atoms with van der Waals surface area (Å²) in [5.41, 5.74) is 0.874. The molecule has 0 amide bonds. The smallest absolute Gasteiger partial charge is 0.137 e. The van der Waals surface area contributed by atoms with Crippen LogP contribution in [0.15, 0.2) is 18.5 Å². The van der Waals surface area contributed by atoms with E-state index in [1.54, 1.807) is 25.6 Å². The number of hydrogen-bond donors (Lipinski definition) is 0. The Balaban J connectivity index is 2.82. The zero-order chi connectivity index (χ0) is 8.10. The maximum atomic E-state index is 10.1. The number of pyridine rings is 1. The monoisotopic (exact) mass is 151 g/mol. The van der Waals surface area contributed by atoms with Gasteiger partial charge in [0.1, 0.15) is 12.0 Å². The van der Waals surface area contributed by atoms with E-state index < -0.39 is 0 Å². The summed E-state index contributed by atoms with van der Waals surface area (Å²) < 4.78 is 4.92. The largest absolute Gasteiger partial charge is 0.495 e. The van der Waals surface area contributed by atoms with Crippen LogP contribution in [0.25, 0.3) is 0 Å². The van der Waals surface area contributed by atoms with E-state index in [0.29, 0.717) is 12.2 Å². The van der Waals surface area contributed by atoms with E-state index in [-0.39, 0.29) is 0 Å². The van der Waals surface area contributed by atoms with E-state index in [9.17, 15) is 4.79 Å². The van der Waals surface area contributed by atoms with Gasteiger partial charge >= 0.3 is 0 Å². The van der Waals surface area contributed by atoms with Crippen LogP contribution in [0.3, 0.4) is 0 Å². The van der Waals surface area contributed by atoms with Crippen molar-refractivity contribution in [2.45, 2.75) is 6.42 Å². The van der Waals surface area contributed by atoms with Crippen molar-refractivity contribution in [2.24, 2.45) is 0 Å². The molecule has 58 valence electrons. The van der Waals surface area contributed by atoms with Crippen molar-refractivity contribution in [3.63, 3.8) is 0 Å². The minimum Gasteiger partial charge on any atom is -0.495 e. The minimum atomic E-state index is 0.393. The fourth-order valence-corrected chi connectivity index (χ4v) is 0.783. The van der Waals surface area contributed by atoms with Crippen LogP contribution >= 0.6 is 0 Å². The van der Waals surface area contributed by atoms with Crippen LogP contribution in [-0.2, 0) is 11.2 Å². The summed E-state index contributed by atoms with van der Waals surface area (Å²) in [4.78, 5) is 14.0. The molecule has 3 heteroatoms. The quantitative estimate of drug-likeness (QED) is 0.601. The number of carbonyl (C=O) groups excluding carboxylic acids is 1. The van der Waals surface area contributed by atoms with Crippen LogP contribution < -0.4 is 4.74 Å². The normalized spacial score (nSPS) is 9.18.